The van der Waals surface area contributed by atoms with E-state index in [0.29, 0.717) is 28.5 Å². The third-order valence-electron chi connectivity index (χ3n) is 14.3. The maximum atomic E-state index is 13.6. The van der Waals surface area contributed by atoms with Crippen LogP contribution < -0.4 is 31.4 Å². The summed E-state index contributed by atoms with van der Waals surface area (Å²) in [4.78, 5) is 71.9. The van der Waals surface area contributed by atoms with Crippen LogP contribution in [-0.4, -0.2) is 111 Å². The fourth-order valence-corrected chi connectivity index (χ4v) is 14.5. The summed E-state index contributed by atoms with van der Waals surface area (Å²) in [5.41, 5.74) is 9.32. The highest BCUT2D eigenvalue weighted by atomic mass is 32.2. The minimum atomic E-state index is -5.76. The number of amides is 1. The van der Waals surface area contributed by atoms with Crippen LogP contribution in [0.3, 0.4) is 0 Å². The van der Waals surface area contributed by atoms with Gasteiger partial charge in [-0.15, -0.1) is 0 Å². The summed E-state index contributed by atoms with van der Waals surface area (Å²) in [6.07, 6.45) is 5.93. The molecule has 1 fully saturated rings. The van der Waals surface area contributed by atoms with Gasteiger partial charge in [0.15, 0.2) is 5.65 Å². The van der Waals surface area contributed by atoms with Crippen molar-refractivity contribution < 1.29 is 86.3 Å². The van der Waals surface area contributed by atoms with Crippen molar-refractivity contribution in [2.75, 3.05) is 49.2 Å². The minimum Gasteiger partial charge on any atom is -0.456 e. The summed E-state index contributed by atoms with van der Waals surface area (Å²) in [6.45, 7) is 8.67. The fourth-order valence-electron chi connectivity index (χ4n) is 10.5. The number of allylic oxidation sites excluding steroid dienone is 3. The molecule has 5 atom stereocenters. The number of H-pyrrole nitrogens is 1. The molecule has 0 spiro atoms. The molecule has 4 aromatic rings. The van der Waals surface area contributed by atoms with Gasteiger partial charge in [0.05, 0.1) is 46.9 Å². The molecular weight excluding hydrogens is 1210 g/mol. The van der Waals surface area contributed by atoms with E-state index in [2.05, 4.69) is 54.2 Å². The van der Waals surface area contributed by atoms with Crippen LogP contribution in [0.15, 0.2) is 105 Å². The van der Waals surface area contributed by atoms with E-state index in [1.165, 1.54) is 29.0 Å². The Balaban J connectivity index is 1.03. The van der Waals surface area contributed by atoms with Crippen molar-refractivity contribution in [1.29, 1.82) is 0 Å². The molecular formula is C53H63N7O20P3S2+. The smallest absolute Gasteiger partial charge is 0.456 e. The molecule has 3 unspecified atom stereocenters. The van der Waals surface area contributed by atoms with Crippen LogP contribution in [-0.2, 0) is 62.0 Å². The van der Waals surface area contributed by atoms with Crippen molar-refractivity contribution in [2.24, 2.45) is 0 Å². The monoisotopic (exact) mass is 1270 g/mol. The molecule has 0 radical (unpaired) electrons. The van der Waals surface area contributed by atoms with E-state index < -0.39 is 85.3 Å². The zero-order valence-corrected chi connectivity index (χ0v) is 50.5. The number of aromatic nitrogens is 3. The van der Waals surface area contributed by atoms with E-state index >= 15 is 0 Å². The maximum absolute atomic E-state index is 13.6. The van der Waals surface area contributed by atoms with Crippen LogP contribution in [0.2, 0.25) is 0 Å². The number of ether oxygens (including phenoxy) is 1. The average Bonchev–Trinajstić information content (AvgIpc) is 1.75. The molecule has 2 aromatic heterocycles. The van der Waals surface area contributed by atoms with Crippen molar-refractivity contribution >= 4 is 78.4 Å². The van der Waals surface area contributed by atoms with E-state index in [1.54, 1.807) is 0 Å². The average molecular weight is 1280 g/mol. The molecule has 27 nitrogen and oxygen atoms in total. The number of anilines is 2. The number of benzene rings is 3. The number of fused-ring (bicyclic) bond motifs is 3. The van der Waals surface area contributed by atoms with Gasteiger partial charge in [-0.25, -0.2) is 18.3 Å². The van der Waals surface area contributed by atoms with Crippen molar-refractivity contribution in [3.63, 3.8) is 0 Å². The van der Waals surface area contributed by atoms with Crippen LogP contribution in [0.4, 0.5) is 11.6 Å². The lowest BCUT2D eigenvalue weighted by Gasteiger charge is -2.30. The topological polar surface area (TPSA) is 403 Å². The third kappa shape index (κ3) is 15.8. The highest BCUT2D eigenvalue weighted by Crippen LogP contribution is 2.66. The number of rotatable bonds is 23. The molecule has 10 N–H and O–H groups in total. The number of hydrogen-bond acceptors (Lipinski definition) is 17. The first-order valence-electron chi connectivity index (χ1n) is 26.4. The molecule has 32 heteroatoms. The van der Waals surface area contributed by atoms with Crippen LogP contribution in [0, 0.1) is 18.8 Å². The second-order valence-electron chi connectivity index (χ2n) is 20.1. The SMILES string of the molecule is CC[N+](CC)=c1ccc2c(/C=C/C=C3\N(CCCS(=O)(=O)O)c4ccc(S(=O)(=O)O)cc4C3(C)CCCC(=O)NCC#Cc3cn([C@H]4CC[C@@H](COP(=O)(O)OP(=O)(O)OP(=O)(O)O)O4)c4nc(N)[nH]c(=O)c34)c(C)c(-c3ccccc3)oc-2c1. The van der Waals surface area contributed by atoms with Gasteiger partial charge in [0.1, 0.15) is 30.8 Å². The number of nitrogens with zero attached hydrogens (tertiary/aromatic N) is 4. The molecule has 8 rings (SSSR count). The minimum absolute atomic E-state index is 0.00508. The first-order valence-corrected chi connectivity index (χ1v) is 34.0. The Morgan fingerprint density at radius 3 is 2.40 bits per heavy atom. The number of hydrogen-bond donors (Lipinski definition) is 9. The van der Waals surface area contributed by atoms with Gasteiger partial charge in [0.25, 0.3) is 25.8 Å². The maximum Gasteiger partial charge on any atom is 0.490 e. The zero-order chi connectivity index (χ0) is 61.9. The first-order chi connectivity index (χ1) is 39.9. The molecule has 0 saturated carbocycles. The standard InChI is InChI=1S/C53H62N7O20P3S2/c1-5-58(6-2)37-20-23-41-40(34(3)49(78-44(41)30-37)35-14-8-7-9-15-35)17-10-18-45-53(4,42-31-39(85(73,74)75)22-24-43(42)59(45)28-13-29-84(70,71)72)26-11-19-46(61)55-27-12-16-36-32-60(50-48(36)51(62)57-52(54)56-50)47-25-21-38(77-47)33-76-82(66,67)80-83(68,69)79-81(63,64)65/h7-10,14-15,17-18,20,22-24,30-32,38,47H,5-6,11,13,19,21,25-29,33H2,1-4H3,(H9-,54,55,56,57,61,62,63,64,65,66,67,68,69,70,71,72,73,74,75)/p+1/t38-,47+,53?/m0/s1. The summed E-state index contributed by atoms with van der Waals surface area (Å²) >= 11 is 0. The molecule has 5 heterocycles. The van der Waals surface area contributed by atoms with Crippen molar-refractivity contribution in [3.8, 4) is 34.5 Å². The quantitative estimate of drug-likeness (QED) is 0.0146. The number of nitrogens with one attached hydrogen (secondary N) is 2. The third-order valence-corrected chi connectivity index (χ3v) is 19.8. The number of phosphoric acid groups is 3. The summed E-state index contributed by atoms with van der Waals surface area (Å²) < 4.78 is 133. The summed E-state index contributed by atoms with van der Waals surface area (Å²) in [5.74, 6) is 5.74. The van der Waals surface area contributed by atoms with Gasteiger partial charge in [-0.05, 0) is 101 Å². The van der Waals surface area contributed by atoms with Crippen molar-refractivity contribution in [3.05, 3.63) is 129 Å². The van der Waals surface area contributed by atoms with E-state index in [4.69, 9.17) is 29.2 Å². The Hall–Kier alpha value is -6.41. The predicted octanol–water partition coefficient (Wildman–Crippen LogP) is 6.35. The Morgan fingerprint density at radius 1 is 0.988 bits per heavy atom. The van der Waals surface area contributed by atoms with Gasteiger partial charge >= 0.3 is 23.5 Å². The van der Waals surface area contributed by atoms with Gasteiger partial charge in [-0.2, -0.15) is 30.4 Å². The molecule has 1 aliphatic carbocycles. The highest BCUT2D eigenvalue weighted by molar-refractivity contribution is 7.86. The number of carbonyl (C=O) groups excluding carboxylic acids is 1. The summed E-state index contributed by atoms with van der Waals surface area (Å²) in [6, 6.07) is 19.9. The molecule has 85 heavy (non-hydrogen) atoms. The van der Waals surface area contributed by atoms with E-state index in [1.807, 2.05) is 85.5 Å². The lowest BCUT2D eigenvalue weighted by atomic mass is 9.77. The van der Waals surface area contributed by atoms with Crippen LogP contribution in [0.1, 0.15) is 87.8 Å². The van der Waals surface area contributed by atoms with Crippen LogP contribution in [0.25, 0.3) is 39.8 Å². The molecule has 2 aromatic carbocycles. The second kappa shape index (κ2) is 25.9. The van der Waals surface area contributed by atoms with E-state index in [-0.39, 0.29) is 79.1 Å². The summed E-state index contributed by atoms with van der Waals surface area (Å²) in [7, 11) is -25.9. The van der Waals surface area contributed by atoms with E-state index in [9.17, 15) is 59.0 Å². The molecule has 1 saturated heterocycles. The van der Waals surface area contributed by atoms with Crippen LogP contribution in [0.5, 0.6) is 0 Å². The van der Waals surface area contributed by atoms with Crippen LogP contribution >= 0.6 is 23.5 Å². The van der Waals surface area contributed by atoms with Gasteiger partial charge in [0.2, 0.25) is 17.2 Å². The van der Waals surface area contributed by atoms with Gasteiger partial charge < -0.3 is 49.2 Å². The number of aromatic amines is 1. The zero-order valence-electron chi connectivity index (χ0n) is 46.2. The van der Waals surface area contributed by atoms with Gasteiger partial charge in [-0.3, -0.25) is 28.2 Å². The largest absolute Gasteiger partial charge is 0.490 e. The Morgan fingerprint density at radius 2 is 1.72 bits per heavy atom. The molecule has 456 valence electrons. The van der Waals surface area contributed by atoms with Crippen molar-refractivity contribution in [1.82, 2.24) is 24.4 Å². The lowest BCUT2D eigenvalue weighted by molar-refractivity contribution is -0.121. The predicted molar refractivity (Wildman–Crippen MR) is 312 cm³/mol. The van der Waals surface area contributed by atoms with Gasteiger partial charge in [-0.1, -0.05) is 54.3 Å². The highest BCUT2D eigenvalue weighted by Gasteiger charge is 2.45. The molecule has 0 bridgehead atoms. The van der Waals surface area contributed by atoms with Crippen molar-refractivity contribution in [2.45, 2.75) is 88.9 Å². The number of carbonyl (C=O) groups is 1. The molecule has 3 aliphatic heterocycles. The van der Waals surface area contributed by atoms with Gasteiger partial charge in [0, 0.05) is 58.7 Å². The normalized spacial score (nSPS) is 19.3. The number of nitrogen functional groups attached to an aromatic ring is 1. The Labute approximate surface area is 488 Å². The fraction of sp³-hybridized carbons (Fsp3) is 0.358. The summed E-state index contributed by atoms with van der Waals surface area (Å²) in [5, 5.41) is 3.73. The number of phosphoric ester groups is 1. The molecule has 4 aliphatic rings. The molecule has 1 amide bonds. The van der Waals surface area contributed by atoms with E-state index in [0.717, 1.165) is 40.7 Å². The number of nitrogens with two attached hydrogens (primary N) is 1. The first kappa shape index (κ1) is 64.6. The lowest BCUT2D eigenvalue weighted by Crippen LogP contribution is -2.31. The Bertz CT molecular complexity index is 4170. The second-order valence-corrected chi connectivity index (χ2v) is 27.5. The Kier molecular flexibility index (Phi) is 19.7.